The molecule has 0 aliphatic carbocycles. The standard InChI is InChI=1S/C28H28N4O2/c1-30-16-18-31(19-17-30)28(34)25(20-21-10-4-2-5-11-21)32-26(22-12-6-3-7-13-22)29-24-15-9-8-14-23(24)27(32)33/h2-15,25H,16-20H2,1H3. The maximum atomic E-state index is 14.0. The van der Waals surface area contributed by atoms with Crippen LogP contribution in [0.5, 0.6) is 0 Å². The number of hydrogen-bond donors (Lipinski definition) is 0. The number of rotatable bonds is 5. The van der Waals surface area contributed by atoms with Gasteiger partial charge in [0.05, 0.1) is 10.9 Å². The molecule has 1 unspecified atom stereocenters. The van der Waals surface area contributed by atoms with Crippen LogP contribution in [0.1, 0.15) is 11.6 Å². The lowest BCUT2D eigenvalue weighted by molar-refractivity contribution is -0.136. The van der Waals surface area contributed by atoms with E-state index in [2.05, 4.69) is 11.9 Å². The zero-order valence-electron chi connectivity index (χ0n) is 19.3. The molecular weight excluding hydrogens is 424 g/mol. The van der Waals surface area contributed by atoms with Gasteiger partial charge in [-0.1, -0.05) is 72.8 Å². The van der Waals surface area contributed by atoms with Gasteiger partial charge in [0, 0.05) is 38.2 Å². The Balaban J connectivity index is 1.70. The van der Waals surface area contributed by atoms with Crippen LogP contribution in [0, 0.1) is 0 Å². The van der Waals surface area contributed by atoms with Gasteiger partial charge in [0.1, 0.15) is 11.9 Å². The predicted octanol–water partition coefficient (Wildman–Crippen LogP) is 3.62. The molecule has 34 heavy (non-hydrogen) atoms. The average molecular weight is 453 g/mol. The van der Waals surface area contributed by atoms with E-state index < -0.39 is 6.04 Å². The number of hydrogen-bond acceptors (Lipinski definition) is 4. The van der Waals surface area contributed by atoms with Crippen LogP contribution >= 0.6 is 0 Å². The van der Waals surface area contributed by atoms with Gasteiger partial charge in [0.2, 0.25) is 5.91 Å². The first-order chi connectivity index (χ1) is 16.6. The molecule has 172 valence electrons. The summed E-state index contributed by atoms with van der Waals surface area (Å²) in [5.74, 6) is 0.487. The fourth-order valence-electron chi connectivity index (χ4n) is 4.59. The number of amides is 1. The van der Waals surface area contributed by atoms with Crippen molar-refractivity contribution in [3.05, 3.63) is 101 Å². The van der Waals surface area contributed by atoms with Crippen molar-refractivity contribution in [3.63, 3.8) is 0 Å². The number of likely N-dealkylation sites (N-methyl/N-ethyl adjacent to an activating group) is 1. The minimum atomic E-state index is -0.689. The molecule has 1 saturated heterocycles. The Morgan fingerprint density at radius 3 is 2.18 bits per heavy atom. The smallest absolute Gasteiger partial charge is 0.262 e. The molecule has 0 saturated carbocycles. The van der Waals surface area contributed by atoms with Crippen molar-refractivity contribution in [3.8, 4) is 11.4 Å². The van der Waals surface area contributed by atoms with Crippen molar-refractivity contribution in [2.45, 2.75) is 12.5 Å². The first kappa shape index (κ1) is 22.0. The maximum Gasteiger partial charge on any atom is 0.262 e. The third kappa shape index (κ3) is 4.37. The zero-order chi connectivity index (χ0) is 23.5. The van der Waals surface area contributed by atoms with Gasteiger partial charge in [0.15, 0.2) is 0 Å². The number of benzene rings is 3. The van der Waals surface area contributed by atoms with E-state index in [1.165, 1.54) is 0 Å². The number of nitrogens with zero attached hydrogens (tertiary/aromatic N) is 4. The summed E-state index contributed by atoms with van der Waals surface area (Å²) >= 11 is 0. The van der Waals surface area contributed by atoms with Gasteiger partial charge < -0.3 is 9.80 Å². The number of fused-ring (bicyclic) bond motifs is 1. The van der Waals surface area contributed by atoms with E-state index in [4.69, 9.17) is 4.98 Å². The summed E-state index contributed by atoms with van der Waals surface area (Å²) in [6, 6.07) is 26.2. The SMILES string of the molecule is CN1CCN(C(=O)C(Cc2ccccc2)n2c(-c3ccccc3)nc3ccccc3c2=O)CC1. The van der Waals surface area contributed by atoms with Gasteiger partial charge in [-0.3, -0.25) is 14.2 Å². The first-order valence-corrected chi connectivity index (χ1v) is 11.7. The molecule has 5 rings (SSSR count). The van der Waals surface area contributed by atoms with Crippen LogP contribution in [0.15, 0.2) is 89.7 Å². The monoisotopic (exact) mass is 452 g/mol. The first-order valence-electron chi connectivity index (χ1n) is 11.7. The molecule has 1 amide bonds. The number of aromatic nitrogens is 2. The molecule has 0 N–H and O–H groups in total. The highest BCUT2D eigenvalue weighted by molar-refractivity contribution is 5.84. The molecule has 6 nitrogen and oxygen atoms in total. The van der Waals surface area contributed by atoms with Crippen molar-refractivity contribution < 1.29 is 4.79 Å². The average Bonchev–Trinajstić information content (AvgIpc) is 2.89. The molecule has 6 heteroatoms. The summed E-state index contributed by atoms with van der Waals surface area (Å²) in [4.78, 5) is 36.9. The van der Waals surface area contributed by atoms with Crippen molar-refractivity contribution in [1.29, 1.82) is 0 Å². The largest absolute Gasteiger partial charge is 0.338 e. The molecule has 3 aromatic carbocycles. The van der Waals surface area contributed by atoms with Gasteiger partial charge in [-0.25, -0.2) is 4.98 Å². The third-order valence-electron chi connectivity index (χ3n) is 6.52. The van der Waals surface area contributed by atoms with Gasteiger partial charge in [-0.2, -0.15) is 0 Å². The van der Waals surface area contributed by atoms with Gasteiger partial charge in [-0.05, 0) is 24.7 Å². The third-order valence-corrected chi connectivity index (χ3v) is 6.52. The second kappa shape index (κ2) is 9.61. The minimum Gasteiger partial charge on any atom is -0.338 e. The van der Waals surface area contributed by atoms with E-state index in [-0.39, 0.29) is 11.5 Å². The highest BCUT2D eigenvalue weighted by Crippen LogP contribution is 2.26. The lowest BCUT2D eigenvalue weighted by Gasteiger charge is -2.35. The Bertz CT molecular complexity index is 1340. The highest BCUT2D eigenvalue weighted by atomic mass is 16.2. The Kier molecular flexibility index (Phi) is 6.23. The summed E-state index contributed by atoms with van der Waals surface area (Å²) in [5.41, 5.74) is 2.27. The number of carbonyl (C=O) groups is 1. The Labute approximate surface area is 199 Å². The van der Waals surface area contributed by atoms with Crippen LogP contribution in [-0.2, 0) is 11.2 Å². The molecule has 1 fully saturated rings. The van der Waals surface area contributed by atoms with Crippen LogP contribution in [-0.4, -0.2) is 58.5 Å². The molecule has 0 spiro atoms. The quantitative estimate of drug-likeness (QED) is 0.464. The highest BCUT2D eigenvalue weighted by Gasteiger charge is 2.31. The Hall–Kier alpha value is -3.77. The van der Waals surface area contributed by atoms with Crippen LogP contribution < -0.4 is 5.56 Å². The van der Waals surface area contributed by atoms with Crippen LogP contribution in [0.4, 0.5) is 0 Å². The maximum absolute atomic E-state index is 14.0. The Morgan fingerprint density at radius 1 is 0.853 bits per heavy atom. The normalized spacial score (nSPS) is 15.4. The van der Waals surface area contributed by atoms with Crippen molar-refractivity contribution in [2.24, 2.45) is 0 Å². The fourth-order valence-corrected chi connectivity index (χ4v) is 4.59. The molecule has 1 aliphatic heterocycles. The van der Waals surface area contributed by atoms with Crippen molar-refractivity contribution in [2.75, 3.05) is 33.2 Å². The van der Waals surface area contributed by atoms with Gasteiger partial charge in [-0.15, -0.1) is 0 Å². The second-order valence-corrected chi connectivity index (χ2v) is 8.83. The van der Waals surface area contributed by atoms with Crippen LogP contribution in [0.25, 0.3) is 22.3 Å². The molecule has 2 heterocycles. The van der Waals surface area contributed by atoms with Gasteiger partial charge >= 0.3 is 0 Å². The number of piperazine rings is 1. The topological polar surface area (TPSA) is 58.4 Å². The molecule has 1 aromatic heterocycles. The van der Waals surface area contributed by atoms with E-state index in [9.17, 15) is 9.59 Å². The van der Waals surface area contributed by atoms with Crippen molar-refractivity contribution >= 4 is 16.8 Å². The van der Waals surface area contributed by atoms with Crippen LogP contribution in [0.2, 0.25) is 0 Å². The summed E-state index contributed by atoms with van der Waals surface area (Å²) in [5, 5.41) is 0.520. The second-order valence-electron chi connectivity index (χ2n) is 8.83. The lowest BCUT2D eigenvalue weighted by atomic mass is 10.0. The van der Waals surface area contributed by atoms with E-state index in [1.54, 1.807) is 10.6 Å². The number of carbonyl (C=O) groups excluding carboxylic acids is 1. The molecule has 4 aromatic rings. The molecule has 1 aliphatic rings. The minimum absolute atomic E-state index is 0.0340. The van der Waals surface area contributed by atoms with Gasteiger partial charge in [0.25, 0.3) is 5.56 Å². The van der Waals surface area contributed by atoms with E-state index in [0.29, 0.717) is 36.2 Å². The molecule has 0 bridgehead atoms. The molecule has 1 atom stereocenters. The molecule has 0 radical (unpaired) electrons. The summed E-state index contributed by atoms with van der Waals surface area (Å²) < 4.78 is 1.63. The van der Waals surface area contributed by atoms with Crippen molar-refractivity contribution in [1.82, 2.24) is 19.4 Å². The van der Waals surface area contributed by atoms with E-state index >= 15 is 0 Å². The Morgan fingerprint density at radius 2 is 1.47 bits per heavy atom. The summed E-state index contributed by atoms with van der Waals surface area (Å²) in [6.07, 6.45) is 0.422. The fraction of sp³-hybridized carbons (Fsp3) is 0.250. The van der Waals surface area contributed by atoms with E-state index in [1.807, 2.05) is 83.8 Å². The summed E-state index contributed by atoms with van der Waals surface area (Å²) in [6.45, 7) is 2.94. The molecular formula is C28H28N4O2. The summed E-state index contributed by atoms with van der Waals surface area (Å²) in [7, 11) is 2.06. The van der Waals surface area contributed by atoms with Crippen LogP contribution in [0.3, 0.4) is 0 Å². The predicted molar refractivity (Wildman–Crippen MR) is 135 cm³/mol. The van der Waals surface area contributed by atoms with E-state index in [0.717, 1.165) is 24.2 Å². The zero-order valence-corrected chi connectivity index (χ0v) is 19.3. The lowest BCUT2D eigenvalue weighted by Crippen LogP contribution is -2.50. The number of para-hydroxylation sites is 1.